The molecule has 0 radical (unpaired) electrons. The maximum absolute atomic E-state index is 13.7. The third-order valence-corrected chi connectivity index (χ3v) is 9.13. The molecular weight excluding hydrogens is 578 g/mol. The molecule has 0 atom stereocenters. The number of nitrogens with zero attached hydrogens (tertiary/aromatic N) is 4. The average Bonchev–Trinajstić information content (AvgIpc) is 3.08. The van der Waals surface area contributed by atoms with Crippen LogP contribution < -0.4 is 15.1 Å². The van der Waals surface area contributed by atoms with Crippen LogP contribution in [0.25, 0.3) is 0 Å². The highest BCUT2D eigenvalue weighted by atomic mass is 32.2. The Labute approximate surface area is 258 Å². The molecule has 0 saturated carbocycles. The summed E-state index contributed by atoms with van der Waals surface area (Å²) >= 11 is 0. The van der Waals surface area contributed by atoms with Crippen molar-refractivity contribution >= 4 is 27.3 Å². The van der Waals surface area contributed by atoms with Gasteiger partial charge in [0.2, 0.25) is 10.0 Å². The van der Waals surface area contributed by atoms with Gasteiger partial charge in [-0.3, -0.25) is 9.78 Å². The highest BCUT2D eigenvalue weighted by Gasteiger charge is 2.25. The summed E-state index contributed by atoms with van der Waals surface area (Å²) in [4.78, 5) is 19.4. The highest BCUT2D eigenvalue weighted by Crippen LogP contribution is 2.24. The number of aromatic nitrogens is 1. The van der Waals surface area contributed by atoms with Gasteiger partial charge in [0.1, 0.15) is 5.75 Å². The van der Waals surface area contributed by atoms with Crippen molar-refractivity contribution in [2.45, 2.75) is 24.9 Å². The molecule has 1 N–H and O–H groups in total. The van der Waals surface area contributed by atoms with E-state index >= 15 is 0 Å². The van der Waals surface area contributed by atoms with Gasteiger partial charge in [-0.1, -0.05) is 30.3 Å². The first-order valence-corrected chi connectivity index (χ1v) is 15.7. The fraction of sp³-hybridized carbons (Fsp3) is 0.242. The van der Waals surface area contributed by atoms with Crippen molar-refractivity contribution < 1.29 is 22.7 Å². The number of carbonyl (C=O) groups is 1. The fourth-order valence-corrected chi connectivity index (χ4v) is 6.21. The normalized spacial score (nSPS) is 14.0. The summed E-state index contributed by atoms with van der Waals surface area (Å²) in [6, 6.07) is 24.8. The first-order chi connectivity index (χ1) is 21.3. The zero-order valence-electron chi connectivity index (χ0n) is 24.7. The number of carbonyl (C=O) groups excluding carboxylic acids is 1. The van der Waals surface area contributed by atoms with Crippen LogP contribution in [-0.4, -0.2) is 62.7 Å². The fourth-order valence-electron chi connectivity index (χ4n) is 4.80. The molecule has 1 fully saturated rings. The predicted octanol–water partition coefficient (Wildman–Crippen LogP) is 4.47. The maximum atomic E-state index is 13.7. The zero-order chi connectivity index (χ0) is 30.9. The van der Waals surface area contributed by atoms with Gasteiger partial charge in [0.25, 0.3) is 5.91 Å². The van der Waals surface area contributed by atoms with E-state index in [2.05, 4.69) is 32.5 Å². The number of anilines is 1. The second-order valence-electron chi connectivity index (χ2n) is 10.3. The monoisotopic (exact) mass is 613 g/mol. The van der Waals surface area contributed by atoms with Crippen LogP contribution in [0.5, 0.6) is 5.75 Å². The summed E-state index contributed by atoms with van der Waals surface area (Å²) in [5.74, 6) is 0.205. The summed E-state index contributed by atoms with van der Waals surface area (Å²) in [6.45, 7) is 5.15. The zero-order valence-corrected chi connectivity index (χ0v) is 25.5. The van der Waals surface area contributed by atoms with Gasteiger partial charge in [0, 0.05) is 49.8 Å². The summed E-state index contributed by atoms with van der Waals surface area (Å²) in [7, 11) is -2.33. The predicted molar refractivity (Wildman–Crippen MR) is 169 cm³/mol. The molecule has 0 aliphatic carbocycles. The lowest BCUT2D eigenvalue weighted by atomic mass is 10.1. The van der Waals surface area contributed by atoms with E-state index in [1.54, 1.807) is 54.9 Å². The van der Waals surface area contributed by atoms with Crippen molar-refractivity contribution in [3.8, 4) is 5.75 Å². The minimum absolute atomic E-state index is 0.0991. The smallest absolute Gasteiger partial charge is 0.271 e. The number of methoxy groups -OCH3 is 1. The molecule has 11 heteroatoms. The molecule has 228 valence electrons. The van der Waals surface area contributed by atoms with Crippen molar-refractivity contribution in [3.05, 3.63) is 120 Å². The third kappa shape index (κ3) is 7.67. The second kappa shape index (κ2) is 14.3. The van der Waals surface area contributed by atoms with E-state index in [0.717, 1.165) is 35.5 Å². The first-order valence-electron chi connectivity index (χ1n) is 14.2. The molecule has 0 spiro atoms. The molecule has 1 saturated heterocycles. The molecular formula is C33H35N5O5S. The van der Waals surface area contributed by atoms with Gasteiger partial charge in [-0.2, -0.15) is 9.41 Å². The van der Waals surface area contributed by atoms with E-state index in [-0.39, 0.29) is 23.9 Å². The van der Waals surface area contributed by atoms with Crippen LogP contribution >= 0.6 is 0 Å². The Balaban J connectivity index is 1.28. The number of nitrogens with one attached hydrogen (secondary N) is 1. The topological polar surface area (TPSA) is 113 Å². The van der Waals surface area contributed by atoms with Crippen molar-refractivity contribution in [1.82, 2.24) is 14.7 Å². The quantitative estimate of drug-likeness (QED) is 0.196. The molecule has 44 heavy (non-hydrogen) atoms. The van der Waals surface area contributed by atoms with Crippen molar-refractivity contribution in [1.29, 1.82) is 0 Å². The van der Waals surface area contributed by atoms with Crippen LogP contribution in [0.4, 0.5) is 5.69 Å². The molecule has 1 aromatic heterocycles. The Hall–Kier alpha value is -4.58. The SMILES string of the molecule is COc1ccc(S(=O)(=O)N(Cc2ccc(C(=O)N/N=C(/C)c3cccc(N4CCOCC4)c3)cc2)Cc2cccnc2)cc1. The van der Waals surface area contributed by atoms with Gasteiger partial charge in [0.05, 0.1) is 30.9 Å². The van der Waals surface area contributed by atoms with Crippen molar-refractivity contribution in [2.24, 2.45) is 5.10 Å². The van der Waals surface area contributed by atoms with E-state index in [9.17, 15) is 13.2 Å². The van der Waals surface area contributed by atoms with Crippen LogP contribution in [0.1, 0.15) is 34.0 Å². The van der Waals surface area contributed by atoms with E-state index in [4.69, 9.17) is 9.47 Å². The van der Waals surface area contributed by atoms with Crippen LogP contribution in [0.15, 0.2) is 107 Å². The number of ether oxygens (including phenoxy) is 2. The molecule has 0 bridgehead atoms. The lowest BCUT2D eigenvalue weighted by Crippen LogP contribution is -2.36. The van der Waals surface area contributed by atoms with Gasteiger partial charge >= 0.3 is 0 Å². The van der Waals surface area contributed by atoms with E-state index < -0.39 is 10.0 Å². The molecule has 2 heterocycles. The largest absolute Gasteiger partial charge is 0.497 e. The van der Waals surface area contributed by atoms with Crippen LogP contribution in [0.2, 0.25) is 0 Å². The molecule has 1 amide bonds. The summed E-state index contributed by atoms with van der Waals surface area (Å²) in [5, 5.41) is 4.32. The van der Waals surface area contributed by atoms with Crippen molar-refractivity contribution in [2.75, 3.05) is 38.3 Å². The number of hydrogen-bond donors (Lipinski definition) is 1. The number of pyridine rings is 1. The average molecular weight is 614 g/mol. The van der Waals surface area contributed by atoms with Gasteiger partial charge in [-0.05, 0) is 78.2 Å². The Morgan fingerprint density at radius 2 is 1.68 bits per heavy atom. The first kappa shape index (κ1) is 30.9. The molecule has 3 aromatic carbocycles. The Kier molecular flexibility index (Phi) is 10.0. The van der Waals surface area contributed by atoms with Crippen molar-refractivity contribution in [3.63, 3.8) is 0 Å². The minimum Gasteiger partial charge on any atom is -0.497 e. The van der Waals surface area contributed by atoms with Gasteiger partial charge in [-0.25, -0.2) is 13.8 Å². The number of morpholine rings is 1. The number of benzene rings is 3. The highest BCUT2D eigenvalue weighted by molar-refractivity contribution is 7.89. The summed E-state index contributed by atoms with van der Waals surface area (Å²) < 4.78 is 39.4. The van der Waals surface area contributed by atoms with Crippen LogP contribution in [0, 0.1) is 0 Å². The van der Waals surface area contributed by atoms with E-state index in [1.807, 2.05) is 25.1 Å². The number of rotatable bonds is 11. The maximum Gasteiger partial charge on any atom is 0.271 e. The Bertz CT molecular complexity index is 1690. The molecule has 5 rings (SSSR count). The van der Waals surface area contributed by atoms with Crippen LogP contribution in [0.3, 0.4) is 0 Å². The second-order valence-corrected chi connectivity index (χ2v) is 12.2. The van der Waals surface area contributed by atoms with E-state index in [0.29, 0.717) is 30.2 Å². The molecule has 0 unspecified atom stereocenters. The number of amides is 1. The standard InChI is InChI=1S/C33H35N5O5S/c1-25(29-6-3-7-30(21-29)37-17-19-43-20-18-37)35-36-33(39)28-10-8-26(9-11-28)23-38(24-27-5-4-16-34-22-27)44(40,41)32-14-12-31(42-2)13-15-32/h3-16,21-22H,17-20,23-24H2,1-2H3,(H,36,39)/b35-25-. The summed E-state index contributed by atoms with van der Waals surface area (Å²) in [6.07, 6.45) is 3.29. The van der Waals surface area contributed by atoms with Gasteiger partial charge < -0.3 is 14.4 Å². The van der Waals surface area contributed by atoms with Crippen LogP contribution in [-0.2, 0) is 27.8 Å². The van der Waals surface area contributed by atoms with E-state index in [1.165, 1.54) is 23.5 Å². The minimum atomic E-state index is -3.86. The van der Waals surface area contributed by atoms with Gasteiger partial charge in [0.15, 0.2) is 0 Å². The van der Waals surface area contributed by atoms with Gasteiger partial charge in [-0.15, -0.1) is 0 Å². The molecule has 4 aromatic rings. The molecule has 10 nitrogen and oxygen atoms in total. The Morgan fingerprint density at radius 1 is 0.955 bits per heavy atom. The lowest BCUT2D eigenvalue weighted by molar-refractivity contribution is 0.0954. The number of hydrazone groups is 1. The lowest BCUT2D eigenvalue weighted by Gasteiger charge is -2.29. The third-order valence-electron chi connectivity index (χ3n) is 7.32. The molecule has 1 aliphatic rings. The molecule has 1 aliphatic heterocycles. The Morgan fingerprint density at radius 3 is 2.36 bits per heavy atom. The number of sulfonamides is 1. The summed E-state index contributed by atoms with van der Waals surface area (Å²) in [5.41, 5.74) is 7.21. The number of hydrogen-bond acceptors (Lipinski definition) is 8.